The van der Waals surface area contributed by atoms with E-state index < -0.39 is 0 Å². The Bertz CT molecular complexity index is 982. The number of halogens is 2. The largest absolute Gasteiger partial charge is 0.354 e. The van der Waals surface area contributed by atoms with Crippen molar-refractivity contribution in [3.63, 3.8) is 0 Å². The lowest BCUT2D eigenvalue weighted by molar-refractivity contribution is 0.198. The Morgan fingerprint density at radius 2 is 1.88 bits per heavy atom. The molecule has 1 aromatic heterocycles. The fourth-order valence-electron chi connectivity index (χ4n) is 3.89. The SMILES string of the molecule is CN=C(NCc1cccc(-n2cccn2)c1)NC1CCN(Cc2ccc(F)cc2)CC1.I. The van der Waals surface area contributed by atoms with E-state index in [0.717, 1.165) is 49.7 Å². The average molecular weight is 548 g/mol. The van der Waals surface area contributed by atoms with Crippen molar-refractivity contribution in [1.29, 1.82) is 0 Å². The van der Waals surface area contributed by atoms with Gasteiger partial charge in [0.05, 0.1) is 5.69 Å². The maximum Gasteiger partial charge on any atom is 0.191 e. The van der Waals surface area contributed by atoms with Crippen LogP contribution in [0.1, 0.15) is 24.0 Å². The van der Waals surface area contributed by atoms with Crippen molar-refractivity contribution in [1.82, 2.24) is 25.3 Å². The van der Waals surface area contributed by atoms with Gasteiger partial charge < -0.3 is 10.6 Å². The van der Waals surface area contributed by atoms with Crippen molar-refractivity contribution in [2.24, 2.45) is 4.99 Å². The zero-order chi connectivity index (χ0) is 21.5. The average Bonchev–Trinajstić information content (AvgIpc) is 3.35. The topological polar surface area (TPSA) is 57.5 Å². The number of benzene rings is 2. The summed E-state index contributed by atoms with van der Waals surface area (Å²) in [6.45, 7) is 3.58. The van der Waals surface area contributed by atoms with Gasteiger partial charge >= 0.3 is 0 Å². The predicted molar refractivity (Wildman–Crippen MR) is 137 cm³/mol. The summed E-state index contributed by atoms with van der Waals surface area (Å²) in [5, 5.41) is 11.3. The van der Waals surface area contributed by atoms with E-state index in [-0.39, 0.29) is 29.8 Å². The number of guanidine groups is 1. The lowest BCUT2D eigenvalue weighted by Crippen LogP contribution is -2.48. The molecule has 1 saturated heterocycles. The number of aromatic nitrogens is 2. The molecule has 3 aromatic rings. The summed E-state index contributed by atoms with van der Waals surface area (Å²) in [5.41, 5.74) is 3.37. The lowest BCUT2D eigenvalue weighted by Gasteiger charge is -2.33. The molecule has 2 aromatic carbocycles. The van der Waals surface area contributed by atoms with E-state index in [1.54, 1.807) is 13.2 Å². The number of rotatable bonds is 6. The van der Waals surface area contributed by atoms with Gasteiger partial charge in [0.15, 0.2) is 5.96 Å². The van der Waals surface area contributed by atoms with Crippen LogP contribution in [0.3, 0.4) is 0 Å². The molecule has 0 spiro atoms. The normalized spacial score (nSPS) is 15.2. The number of piperidine rings is 1. The van der Waals surface area contributed by atoms with Gasteiger partial charge in [0.25, 0.3) is 0 Å². The fourth-order valence-corrected chi connectivity index (χ4v) is 3.89. The van der Waals surface area contributed by atoms with Crippen molar-refractivity contribution in [2.75, 3.05) is 20.1 Å². The number of nitrogens with zero attached hydrogens (tertiary/aromatic N) is 4. The van der Waals surface area contributed by atoms with Crippen LogP contribution in [0.15, 0.2) is 72.0 Å². The van der Waals surface area contributed by atoms with Crippen LogP contribution in [0, 0.1) is 5.82 Å². The first-order chi connectivity index (χ1) is 15.2. The first-order valence-electron chi connectivity index (χ1n) is 10.7. The molecule has 0 unspecified atom stereocenters. The molecule has 0 aliphatic carbocycles. The van der Waals surface area contributed by atoms with E-state index in [0.29, 0.717) is 12.6 Å². The van der Waals surface area contributed by atoms with Gasteiger partial charge in [-0.25, -0.2) is 9.07 Å². The molecule has 1 aliphatic rings. The molecule has 0 bridgehead atoms. The second kappa shape index (κ2) is 12.0. The maximum absolute atomic E-state index is 13.1. The molecular formula is C24H30FIN6. The van der Waals surface area contributed by atoms with E-state index in [9.17, 15) is 4.39 Å². The molecule has 2 heterocycles. The highest BCUT2D eigenvalue weighted by atomic mass is 127. The Balaban J connectivity index is 0.00000289. The summed E-state index contributed by atoms with van der Waals surface area (Å²) in [4.78, 5) is 6.81. The molecule has 0 radical (unpaired) electrons. The van der Waals surface area contributed by atoms with E-state index in [4.69, 9.17) is 0 Å². The minimum absolute atomic E-state index is 0. The Morgan fingerprint density at radius 1 is 1.09 bits per heavy atom. The molecule has 8 heteroatoms. The molecule has 6 nitrogen and oxygen atoms in total. The van der Waals surface area contributed by atoms with E-state index in [1.807, 2.05) is 41.2 Å². The van der Waals surface area contributed by atoms with E-state index in [1.165, 1.54) is 17.7 Å². The van der Waals surface area contributed by atoms with Crippen molar-refractivity contribution in [2.45, 2.75) is 32.0 Å². The van der Waals surface area contributed by atoms with Gasteiger partial charge in [0.1, 0.15) is 5.82 Å². The first-order valence-corrected chi connectivity index (χ1v) is 10.7. The lowest BCUT2D eigenvalue weighted by atomic mass is 10.0. The van der Waals surface area contributed by atoms with Gasteiger partial charge in [0.2, 0.25) is 0 Å². The van der Waals surface area contributed by atoms with E-state index in [2.05, 4.69) is 37.8 Å². The van der Waals surface area contributed by atoms with Crippen molar-refractivity contribution < 1.29 is 4.39 Å². The third kappa shape index (κ3) is 6.77. The summed E-state index contributed by atoms with van der Waals surface area (Å²) in [6, 6.07) is 17.4. The first kappa shape index (κ1) is 24.2. The number of likely N-dealkylation sites (tertiary alicyclic amines) is 1. The third-order valence-corrected chi connectivity index (χ3v) is 5.61. The quantitative estimate of drug-likeness (QED) is 0.278. The molecule has 170 valence electrons. The van der Waals surface area contributed by atoms with Gasteiger partial charge in [-0.05, 0) is 54.3 Å². The summed E-state index contributed by atoms with van der Waals surface area (Å²) in [5.74, 6) is 0.639. The highest BCUT2D eigenvalue weighted by molar-refractivity contribution is 14.0. The molecular weight excluding hydrogens is 518 g/mol. The highest BCUT2D eigenvalue weighted by Crippen LogP contribution is 2.15. The van der Waals surface area contributed by atoms with Gasteiger partial charge in [-0.2, -0.15) is 5.10 Å². The number of aliphatic imine (C=N–C) groups is 1. The van der Waals surface area contributed by atoms with Crippen LogP contribution in [0.4, 0.5) is 4.39 Å². The van der Waals surface area contributed by atoms with Crippen LogP contribution < -0.4 is 10.6 Å². The molecule has 1 fully saturated rings. The number of hydrogen-bond donors (Lipinski definition) is 2. The van der Waals surface area contributed by atoms with Crippen LogP contribution in [-0.4, -0.2) is 46.8 Å². The van der Waals surface area contributed by atoms with Crippen molar-refractivity contribution in [3.05, 3.63) is 83.9 Å². The fraction of sp³-hybridized carbons (Fsp3) is 0.333. The molecule has 1 aliphatic heterocycles. The summed E-state index contributed by atoms with van der Waals surface area (Å²) >= 11 is 0. The maximum atomic E-state index is 13.1. The van der Waals surface area contributed by atoms with Gasteiger partial charge in [-0.1, -0.05) is 24.3 Å². The number of nitrogens with one attached hydrogen (secondary N) is 2. The zero-order valence-electron chi connectivity index (χ0n) is 18.2. The van der Waals surface area contributed by atoms with E-state index >= 15 is 0 Å². The summed E-state index contributed by atoms with van der Waals surface area (Å²) < 4.78 is 14.9. The van der Waals surface area contributed by atoms with Gasteiger partial charge in [0, 0.05) is 51.7 Å². The second-order valence-corrected chi connectivity index (χ2v) is 7.87. The van der Waals surface area contributed by atoms with Crippen LogP contribution in [-0.2, 0) is 13.1 Å². The standard InChI is InChI=1S/C24H29FN6.HI/c1-26-24(27-17-20-4-2-5-23(16-20)31-13-3-12-28-31)29-22-10-14-30(15-11-22)18-19-6-8-21(25)9-7-19;/h2-9,12-13,16,22H,10-11,14-15,17-18H2,1H3,(H2,26,27,29);1H. The Labute approximate surface area is 205 Å². The summed E-state index contributed by atoms with van der Waals surface area (Å²) in [6.07, 6.45) is 5.82. The molecule has 0 atom stereocenters. The molecule has 32 heavy (non-hydrogen) atoms. The van der Waals surface area contributed by atoms with Crippen LogP contribution >= 0.6 is 24.0 Å². The highest BCUT2D eigenvalue weighted by Gasteiger charge is 2.20. The summed E-state index contributed by atoms with van der Waals surface area (Å²) in [7, 11) is 1.80. The Morgan fingerprint density at radius 3 is 2.56 bits per heavy atom. The smallest absolute Gasteiger partial charge is 0.191 e. The zero-order valence-corrected chi connectivity index (χ0v) is 20.6. The monoisotopic (exact) mass is 548 g/mol. The molecule has 4 rings (SSSR count). The van der Waals surface area contributed by atoms with Crippen molar-refractivity contribution >= 4 is 29.9 Å². The Kier molecular flexibility index (Phi) is 9.04. The van der Waals surface area contributed by atoms with Gasteiger partial charge in [-0.3, -0.25) is 9.89 Å². The molecule has 0 saturated carbocycles. The predicted octanol–water partition coefficient (Wildman–Crippen LogP) is 3.96. The minimum atomic E-state index is -0.182. The van der Waals surface area contributed by atoms with Gasteiger partial charge in [-0.15, -0.1) is 24.0 Å². The van der Waals surface area contributed by atoms with Crippen LogP contribution in [0.25, 0.3) is 5.69 Å². The molecule has 0 amide bonds. The van der Waals surface area contributed by atoms with Crippen molar-refractivity contribution in [3.8, 4) is 5.69 Å². The van der Waals surface area contributed by atoms with Crippen LogP contribution in [0.5, 0.6) is 0 Å². The third-order valence-electron chi connectivity index (χ3n) is 5.61. The number of hydrogen-bond acceptors (Lipinski definition) is 3. The minimum Gasteiger partial charge on any atom is -0.354 e. The molecule has 2 N–H and O–H groups in total. The van der Waals surface area contributed by atoms with Crippen LogP contribution in [0.2, 0.25) is 0 Å². The second-order valence-electron chi connectivity index (χ2n) is 7.87. The Hall–Kier alpha value is -2.46.